The van der Waals surface area contributed by atoms with Crippen LogP contribution in [0.25, 0.3) is 0 Å². The number of nitrogens with zero attached hydrogens (tertiary/aromatic N) is 1. The normalized spacial score (nSPS) is 10.7. The molecular formula is C23H21Cl6NO3. The molecule has 0 amide bonds. The molecule has 0 atom stereocenters. The van der Waals surface area contributed by atoms with Gasteiger partial charge in [0.1, 0.15) is 27.9 Å². The van der Waals surface area contributed by atoms with Crippen LogP contribution in [0.3, 0.4) is 0 Å². The first kappa shape index (κ1) is 28.0. The maximum Gasteiger partial charge on any atom is 0.156 e. The summed E-state index contributed by atoms with van der Waals surface area (Å²) < 4.78 is 11.5. The number of aryl methyl sites for hydroxylation is 1. The van der Waals surface area contributed by atoms with Crippen LogP contribution in [0.15, 0.2) is 62.7 Å². The van der Waals surface area contributed by atoms with Gasteiger partial charge in [-0.1, -0.05) is 99.0 Å². The predicted molar refractivity (Wildman–Crippen MR) is 140 cm³/mol. The van der Waals surface area contributed by atoms with E-state index < -0.39 is 0 Å². The zero-order chi connectivity index (χ0) is 24.1. The van der Waals surface area contributed by atoms with E-state index in [1.807, 2.05) is 12.1 Å². The van der Waals surface area contributed by atoms with Gasteiger partial charge in [-0.3, -0.25) is 0 Å². The molecule has 0 radical (unpaired) electrons. The van der Waals surface area contributed by atoms with Crippen molar-refractivity contribution < 1.29 is 14.3 Å². The van der Waals surface area contributed by atoms with Gasteiger partial charge in [-0.15, -0.1) is 0 Å². The summed E-state index contributed by atoms with van der Waals surface area (Å²) >= 11 is 34.6. The molecule has 0 aromatic heterocycles. The van der Waals surface area contributed by atoms with E-state index in [0.29, 0.717) is 28.2 Å². The van der Waals surface area contributed by atoms with Crippen molar-refractivity contribution in [3.05, 3.63) is 78.7 Å². The molecule has 0 fully saturated rings. The zero-order valence-corrected chi connectivity index (χ0v) is 21.9. The summed E-state index contributed by atoms with van der Waals surface area (Å²) in [6, 6.07) is 11.3. The van der Waals surface area contributed by atoms with Crippen molar-refractivity contribution in [2.45, 2.75) is 19.3 Å². The molecule has 33 heavy (non-hydrogen) atoms. The third-order valence-electron chi connectivity index (χ3n) is 4.13. The van der Waals surface area contributed by atoms with E-state index in [1.54, 1.807) is 18.3 Å². The van der Waals surface area contributed by atoms with Crippen molar-refractivity contribution in [3.63, 3.8) is 0 Å². The largest absolute Gasteiger partial charge is 0.490 e. The molecule has 2 aromatic rings. The van der Waals surface area contributed by atoms with Gasteiger partial charge < -0.3 is 14.3 Å². The third kappa shape index (κ3) is 11.6. The molecule has 0 unspecified atom stereocenters. The van der Waals surface area contributed by atoms with Gasteiger partial charge in [0.15, 0.2) is 5.75 Å². The van der Waals surface area contributed by atoms with Gasteiger partial charge in [0.2, 0.25) is 0 Å². The molecular weight excluding hydrogens is 551 g/mol. The molecule has 10 heteroatoms. The van der Waals surface area contributed by atoms with Crippen LogP contribution in [0, 0.1) is 0 Å². The first-order valence-electron chi connectivity index (χ1n) is 9.86. The molecule has 2 rings (SSSR count). The Kier molecular flexibility index (Phi) is 13.2. The Hall–Kier alpha value is -1.27. The van der Waals surface area contributed by atoms with E-state index in [4.69, 9.17) is 83.9 Å². The summed E-state index contributed by atoms with van der Waals surface area (Å²) in [5.41, 5.74) is 2.15. The Morgan fingerprint density at radius 2 is 1.45 bits per heavy atom. The number of oxime groups is 1. The molecule has 4 nitrogen and oxygen atoms in total. The molecule has 0 aliphatic heterocycles. The quantitative estimate of drug-likeness (QED) is 0.137. The molecule has 178 valence electrons. The Balaban J connectivity index is 1.72. The van der Waals surface area contributed by atoms with Crippen LogP contribution < -0.4 is 9.47 Å². The van der Waals surface area contributed by atoms with E-state index in [-0.39, 0.29) is 22.2 Å². The van der Waals surface area contributed by atoms with Crippen molar-refractivity contribution >= 4 is 75.8 Å². The number of ether oxygens (including phenoxy) is 2. The van der Waals surface area contributed by atoms with Crippen LogP contribution in [0.1, 0.15) is 24.0 Å². The molecule has 2 aromatic carbocycles. The highest BCUT2D eigenvalue weighted by Crippen LogP contribution is 2.37. The Labute approximate surface area is 223 Å². The first-order valence-corrected chi connectivity index (χ1v) is 12.1. The third-order valence-corrected chi connectivity index (χ3v) is 5.31. The second-order valence-electron chi connectivity index (χ2n) is 6.59. The average molecular weight is 572 g/mol. The second-order valence-corrected chi connectivity index (χ2v) is 9.42. The molecule has 0 bridgehead atoms. The molecule has 0 N–H and O–H groups in total. The summed E-state index contributed by atoms with van der Waals surface area (Å²) in [7, 11) is 0. The van der Waals surface area contributed by atoms with Crippen molar-refractivity contribution in [2.75, 3.05) is 19.8 Å². The van der Waals surface area contributed by atoms with Crippen LogP contribution in [0.5, 0.6) is 11.5 Å². The van der Waals surface area contributed by atoms with Crippen LogP contribution in [-0.4, -0.2) is 26.0 Å². The predicted octanol–water partition coefficient (Wildman–Crippen LogP) is 8.76. The van der Waals surface area contributed by atoms with Gasteiger partial charge in [-0.25, -0.2) is 0 Å². The topological polar surface area (TPSA) is 40.0 Å². The van der Waals surface area contributed by atoms with Gasteiger partial charge in [-0.05, 0) is 42.5 Å². The Morgan fingerprint density at radius 1 is 0.818 bits per heavy atom. The number of halogens is 6. The minimum absolute atomic E-state index is 0.129. The van der Waals surface area contributed by atoms with E-state index in [1.165, 1.54) is 17.7 Å². The van der Waals surface area contributed by atoms with Crippen LogP contribution in [-0.2, 0) is 11.3 Å². The molecule has 0 saturated heterocycles. The maximum absolute atomic E-state index is 6.28. The second kappa shape index (κ2) is 15.6. The van der Waals surface area contributed by atoms with Crippen molar-refractivity contribution in [3.8, 4) is 11.5 Å². The minimum Gasteiger partial charge on any atom is -0.490 e. The monoisotopic (exact) mass is 569 g/mol. The minimum atomic E-state index is 0.129. The fourth-order valence-corrected chi connectivity index (χ4v) is 3.40. The van der Waals surface area contributed by atoms with Gasteiger partial charge in [0, 0.05) is 12.1 Å². The summed E-state index contributed by atoms with van der Waals surface area (Å²) in [4.78, 5) is 5.03. The molecule has 0 aliphatic carbocycles. The van der Waals surface area contributed by atoms with E-state index >= 15 is 0 Å². The lowest BCUT2D eigenvalue weighted by atomic mass is 10.1. The Morgan fingerprint density at radius 3 is 2.09 bits per heavy atom. The fourth-order valence-electron chi connectivity index (χ4n) is 2.58. The SMILES string of the molecule is ClC(Cl)=CCO/N=C/c1ccc(CCCCOc2c(Cl)cc(OCC=C(Cl)Cl)cc2Cl)cc1. The van der Waals surface area contributed by atoms with Crippen LogP contribution >= 0.6 is 69.6 Å². The highest BCUT2D eigenvalue weighted by Gasteiger charge is 2.10. The average Bonchev–Trinajstić information content (AvgIpc) is 2.75. The number of benzene rings is 2. The lowest BCUT2D eigenvalue weighted by molar-refractivity contribution is 0.176. The van der Waals surface area contributed by atoms with Gasteiger partial charge in [-0.2, -0.15) is 0 Å². The van der Waals surface area contributed by atoms with Crippen molar-refractivity contribution in [1.29, 1.82) is 0 Å². The fraction of sp³-hybridized carbons (Fsp3) is 0.261. The summed E-state index contributed by atoms with van der Waals surface area (Å²) in [6.45, 7) is 0.917. The molecule has 0 saturated carbocycles. The number of hydrogen-bond acceptors (Lipinski definition) is 4. The number of unbranched alkanes of at least 4 members (excludes halogenated alkanes) is 1. The summed E-state index contributed by atoms with van der Waals surface area (Å²) in [5.74, 6) is 0.936. The molecule has 0 heterocycles. The Bertz CT molecular complexity index is 946. The van der Waals surface area contributed by atoms with Gasteiger partial charge >= 0.3 is 0 Å². The first-order chi connectivity index (χ1) is 15.8. The maximum atomic E-state index is 6.28. The van der Waals surface area contributed by atoms with Crippen LogP contribution in [0.4, 0.5) is 0 Å². The van der Waals surface area contributed by atoms with Crippen molar-refractivity contribution in [2.24, 2.45) is 5.16 Å². The van der Waals surface area contributed by atoms with E-state index in [9.17, 15) is 0 Å². The lowest BCUT2D eigenvalue weighted by Crippen LogP contribution is -2.00. The molecule has 0 aliphatic rings. The highest BCUT2D eigenvalue weighted by atomic mass is 35.5. The number of hydrogen-bond donors (Lipinski definition) is 0. The molecule has 0 spiro atoms. The van der Waals surface area contributed by atoms with E-state index in [0.717, 1.165) is 24.8 Å². The standard InChI is InChI=1S/C23H21Cl6NO3/c24-19-13-18(31-11-8-21(26)27)14-20(25)23(19)32-10-2-1-3-16-4-6-17(7-5-16)15-30-33-12-9-22(28)29/h4-9,13-15H,1-3,10-12H2/b30-15+. The zero-order valence-electron chi connectivity index (χ0n) is 17.4. The smallest absolute Gasteiger partial charge is 0.156 e. The van der Waals surface area contributed by atoms with Crippen LogP contribution in [0.2, 0.25) is 10.0 Å². The summed E-state index contributed by atoms with van der Waals surface area (Å²) in [5, 5.41) is 4.61. The van der Waals surface area contributed by atoms with Crippen molar-refractivity contribution in [1.82, 2.24) is 0 Å². The van der Waals surface area contributed by atoms with Gasteiger partial charge in [0.25, 0.3) is 0 Å². The van der Waals surface area contributed by atoms with E-state index in [2.05, 4.69) is 17.3 Å². The lowest BCUT2D eigenvalue weighted by Gasteiger charge is -2.12. The van der Waals surface area contributed by atoms with Gasteiger partial charge in [0.05, 0.1) is 22.9 Å². The highest BCUT2D eigenvalue weighted by molar-refractivity contribution is 6.56. The number of rotatable bonds is 13. The summed E-state index contributed by atoms with van der Waals surface area (Å²) in [6.07, 6.45) is 7.37.